The van der Waals surface area contributed by atoms with Crippen LogP contribution in [-0.4, -0.2) is 35.3 Å². The summed E-state index contributed by atoms with van der Waals surface area (Å²) in [5, 5.41) is 3.12. The molecule has 4 heteroatoms. The molecular formula is C23H28N2O2. The molecule has 0 bridgehead atoms. The van der Waals surface area contributed by atoms with E-state index in [4.69, 9.17) is 0 Å². The van der Waals surface area contributed by atoms with Crippen LogP contribution in [0.4, 0.5) is 0 Å². The number of fused-ring (bicyclic) bond motifs is 1. The van der Waals surface area contributed by atoms with E-state index in [1.807, 2.05) is 0 Å². The lowest BCUT2D eigenvalue weighted by Gasteiger charge is -2.47. The highest BCUT2D eigenvalue weighted by Gasteiger charge is 2.63. The van der Waals surface area contributed by atoms with Crippen molar-refractivity contribution in [1.29, 1.82) is 0 Å². The van der Waals surface area contributed by atoms with Crippen LogP contribution < -0.4 is 5.32 Å². The van der Waals surface area contributed by atoms with Crippen molar-refractivity contribution in [1.82, 2.24) is 10.2 Å². The molecule has 2 aliphatic heterocycles. The highest BCUT2D eigenvalue weighted by Crippen LogP contribution is 2.60. The fraction of sp³-hybridized carbons (Fsp3) is 0.652. The summed E-state index contributed by atoms with van der Waals surface area (Å²) in [6, 6.07) is 9.31. The van der Waals surface area contributed by atoms with Crippen molar-refractivity contribution in [2.24, 2.45) is 11.8 Å². The van der Waals surface area contributed by atoms with Crippen molar-refractivity contribution in [3.05, 3.63) is 35.4 Å². The van der Waals surface area contributed by atoms with E-state index in [-0.39, 0.29) is 28.7 Å². The van der Waals surface area contributed by atoms with Crippen molar-refractivity contribution in [3.8, 4) is 0 Å². The molecule has 4 atom stereocenters. The molecule has 3 aliphatic carbocycles. The van der Waals surface area contributed by atoms with Gasteiger partial charge in [-0.2, -0.15) is 0 Å². The predicted octanol–water partition coefficient (Wildman–Crippen LogP) is 2.90. The van der Waals surface area contributed by atoms with Crippen LogP contribution in [0, 0.1) is 11.8 Å². The van der Waals surface area contributed by atoms with Crippen molar-refractivity contribution in [2.75, 3.05) is 13.1 Å². The number of amides is 2. The first-order valence-corrected chi connectivity index (χ1v) is 10.7. The summed E-state index contributed by atoms with van der Waals surface area (Å²) < 4.78 is 0. The minimum absolute atomic E-state index is 0.00990. The normalized spacial score (nSPS) is 40.5. The van der Waals surface area contributed by atoms with E-state index in [1.54, 1.807) is 0 Å². The van der Waals surface area contributed by atoms with Crippen molar-refractivity contribution >= 4 is 11.8 Å². The Morgan fingerprint density at radius 2 is 1.85 bits per heavy atom. The van der Waals surface area contributed by atoms with Crippen LogP contribution in [0.1, 0.15) is 63.0 Å². The number of nitrogens with zero attached hydrogens (tertiary/aromatic N) is 1. The van der Waals surface area contributed by atoms with Gasteiger partial charge in [-0.1, -0.05) is 31.2 Å². The molecule has 142 valence electrons. The highest BCUT2D eigenvalue weighted by molar-refractivity contribution is 5.86. The van der Waals surface area contributed by atoms with Crippen LogP contribution in [0.25, 0.3) is 0 Å². The van der Waals surface area contributed by atoms with Crippen molar-refractivity contribution in [2.45, 2.75) is 68.2 Å². The molecule has 2 heterocycles. The van der Waals surface area contributed by atoms with E-state index in [0.29, 0.717) is 17.8 Å². The molecule has 6 rings (SSSR count). The number of carbonyl (C=O) groups is 2. The third kappa shape index (κ3) is 2.16. The average molecular weight is 364 g/mol. The number of carbonyl (C=O) groups excluding carboxylic acids is 2. The van der Waals surface area contributed by atoms with Gasteiger partial charge in [-0.05, 0) is 61.0 Å². The molecular weight excluding hydrogens is 336 g/mol. The number of benzene rings is 1. The lowest BCUT2D eigenvalue weighted by atomic mass is 9.65. The lowest BCUT2D eigenvalue weighted by molar-refractivity contribution is -0.143. The molecule has 4 nitrogen and oxygen atoms in total. The van der Waals surface area contributed by atoms with E-state index < -0.39 is 0 Å². The standard InChI is InChI=1S/C23H28N2O2/c1-21(10-11-21)15-2-4-16(5-3-15)22-12-17(22)13-25(14-22)20(27)18-6-8-23(18)9-7-19(26)24-23/h2-5,17-18H,6-14H2,1H3,(H,24,26)/t17?,18?,22-,23?/m1/s1. The second-order valence-corrected chi connectivity index (χ2v) is 10.2. The van der Waals surface area contributed by atoms with Gasteiger partial charge in [-0.3, -0.25) is 9.59 Å². The van der Waals surface area contributed by atoms with Gasteiger partial charge < -0.3 is 10.2 Å². The highest BCUT2D eigenvalue weighted by atomic mass is 16.2. The Morgan fingerprint density at radius 3 is 2.44 bits per heavy atom. The second kappa shape index (κ2) is 4.95. The van der Waals surface area contributed by atoms with Gasteiger partial charge in [0.05, 0.1) is 11.5 Å². The van der Waals surface area contributed by atoms with E-state index in [9.17, 15) is 9.59 Å². The van der Waals surface area contributed by atoms with Crippen molar-refractivity contribution in [3.63, 3.8) is 0 Å². The van der Waals surface area contributed by atoms with Gasteiger partial charge in [0.1, 0.15) is 0 Å². The number of likely N-dealkylation sites (tertiary alicyclic amines) is 1. The van der Waals surface area contributed by atoms with Gasteiger partial charge in [-0.15, -0.1) is 0 Å². The summed E-state index contributed by atoms with van der Waals surface area (Å²) in [6.07, 6.45) is 7.16. The molecule has 1 aromatic rings. The van der Waals surface area contributed by atoms with E-state index in [0.717, 1.165) is 32.4 Å². The molecule has 3 unspecified atom stereocenters. The van der Waals surface area contributed by atoms with Crippen LogP contribution in [-0.2, 0) is 20.4 Å². The zero-order valence-electron chi connectivity index (χ0n) is 16.1. The third-order valence-corrected chi connectivity index (χ3v) is 8.64. The van der Waals surface area contributed by atoms with Gasteiger partial charge in [0.25, 0.3) is 0 Å². The largest absolute Gasteiger partial charge is 0.350 e. The lowest BCUT2D eigenvalue weighted by Crippen LogP contribution is -2.61. The van der Waals surface area contributed by atoms with Crippen LogP contribution in [0.15, 0.2) is 24.3 Å². The Morgan fingerprint density at radius 1 is 1.11 bits per heavy atom. The molecule has 0 radical (unpaired) electrons. The summed E-state index contributed by atoms with van der Waals surface area (Å²) in [5.41, 5.74) is 3.30. The maximum atomic E-state index is 13.2. The van der Waals surface area contributed by atoms with E-state index in [1.165, 1.54) is 30.4 Å². The summed E-state index contributed by atoms with van der Waals surface area (Å²) >= 11 is 0. The van der Waals surface area contributed by atoms with Crippen molar-refractivity contribution < 1.29 is 9.59 Å². The Kier molecular flexibility index (Phi) is 2.96. The smallest absolute Gasteiger partial charge is 0.228 e. The maximum absolute atomic E-state index is 13.2. The Balaban J connectivity index is 1.18. The number of nitrogens with one attached hydrogen (secondary N) is 1. The first-order chi connectivity index (χ1) is 12.9. The van der Waals surface area contributed by atoms with Crippen LogP contribution in [0.3, 0.4) is 0 Å². The predicted molar refractivity (Wildman–Crippen MR) is 102 cm³/mol. The minimum atomic E-state index is -0.213. The van der Waals surface area contributed by atoms with Crippen LogP contribution in [0.5, 0.6) is 0 Å². The second-order valence-electron chi connectivity index (χ2n) is 10.2. The molecule has 3 saturated carbocycles. The zero-order chi connectivity index (χ0) is 18.4. The fourth-order valence-corrected chi connectivity index (χ4v) is 6.18. The minimum Gasteiger partial charge on any atom is -0.350 e. The van der Waals surface area contributed by atoms with Gasteiger partial charge in [0.2, 0.25) is 11.8 Å². The molecule has 5 fully saturated rings. The summed E-state index contributed by atoms with van der Waals surface area (Å²) in [7, 11) is 0. The number of rotatable bonds is 3. The third-order valence-electron chi connectivity index (χ3n) is 8.64. The molecule has 27 heavy (non-hydrogen) atoms. The van der Waals surface area contributed by atoms with E-state index in [2.05, 4.69) is 41.4 Å². The van der Waals surface area contributed by atoms with E-state index >= 15 is 0 Å². The maximum Gasteiger partial charge on any atom is 0.228 e. The summed E-state index contributed by atoms with van der Waals surface area (Å²) in [6.45, 7) is 4.12. The van der Waals surface area contributed by atoms with Gasteiger partial charge in [-0.25, -0.2) is 0 Å². The summed E-state index contributed by atoms with van der Waals surface area (Å²) in [5.74, 6) is 1.04. The zero-order valence-corrected chi connectivity index (χ0v) is 16.1. The van der Waals surface area contributed by atoms with Gasteiger partial charge in [0.15, 0.2) is 0 Å². The number of piperidine rings is 1. The first-order valence-electron chi connectivity index (χ1n) is 10.7. The molecule has 1 N–H and O–H groups in total. The molecule has 1 aromatic carbocycles. The number of hydrogen-bond acceptors (Lipinski definition) is 2. The molecule has 5 aliphatic rings. The fourth-order valence-electron chi connectivity index (χ4n) is 6.18. The Bertz CT molecular complexity index is 842. The van der Waals surface area contributed by atoms with Gasteiger partial charge in [0, 0.05) is 24.9 Å². The van der Waals surface area contributed by atoms with Crippen LogP contribution >= 0.6 is 0 Å². The topological polar surface area (TPSA) is 49.4 Å². The van der Waals surface area contributed by atoms with Crippen LogP contribution in [0.2, 0.25) is 0 Å². The average Bonchev–Trinajstić information content (AvgIpc) is 3.47. The summed E-state index contributed by atoms with van der Waals surface area (Å²) in [4.78, 5) is 27.0. The quantitative estimate of drug-likeness (QED) is 0.897. The molecule has 2 amide bonds. The number of hydrogen-bond donors (Lipinski definition) is 1. The molecule has 0 aromatic heterocycles. The molecule has 2 saturated heterocycles. The monoisotopic (exact) mass is 364 g/mol. The Labute approximate surface area is 160 Å². The first kappa shape index (κ1) is 16.1. The Hall–Kier alpha value is -1.84. The van der Waals surface area contributed by atoms with Gasteiger partial charge >= 0.3 is 0 Å². The molecule has 1 spiro atoms. The SMILES string of the molecule is CC1(c2ccc([C@]34CC3CN(C(=O)C3CCC35CCC(=O)N5)C4)cc2)CC1.